The second-order valence-corrected chi connectivity index (χ2v) is 8.24. The highest BCUT2D eigenvalue weighted by Gasteiger charge is 2.12. The van der Waals surface area contributed by atoms with Crippen LogP contribution in [0.2, 0.25) is 0 Å². The standard InChI is InChI=1S/C26H31NO/c1-26(2,3)24-15-13-22(14-16-24)19-27-20-23-11-7-8-12-25(23)28-18-17-21-9-5-4-6-10-21/h4-16,27H,17-20H2,1-3H3. The number of hydrogen-bond donors (Lipinski definition) is 1. The maximum Gasteiger partial charge on any atom is 0.123 e. The molecule has 0 bridgehead atoms. The van der Waals surface area contributed by atoms with Crippen LogP contribution in [0.15, 0.2) is 78.9 Å². The van der Waals surface area contributed by atoms with Gasteiger partial charge in [0.1, 0.15) is 5.75 Å². The van der Waals surface area contributed by atoms with E-state index in [-0.39, 0.29) is 5.41 Å². The fourth-order valence-electron chi connectivity index (χ4n) is 3.18. The minimum Gasteiger partial charge on any atom is -0.493 e. The maximum atomic E-state index is 6.06. The Labute approximate surface area is 169 Å². The van der Waals surface area contributed by atoms with Crippen LogP contribution in [0, 0.1) is 0 Å². The minimum absolute atomic E-state index is 0.196. The Balaban J connectivity index is 1.50. The van der Waals surface area contributed by atoms with Gasteiger partial charge >= 0.3 is 0 Å². The lowest BCUT2D eigenvalue weighted by Gasteiger charge is -2.19. The Bertz CT molecular complexity index is 848. The summed E-state index contributed by atoms with van der Waals surface area (Å²) in [5, 5.41) is 3.54. The van der Waals surface area contributed by atoms with Crippen molar-refractivity contribution in [3.8, 4) is 5.75 Å². The molecule has 0 saturated carbocycles. The van der Waals surface area contributed by atoms with Crippen molar-refractivity contribution in [2.24, 2.45) is 0 Å². The van der Waals surface area contributed by atoms with Gasteiger partial charge in [0.15, 0.2) is 0 Å². The van der Waals surface area contributed by atoms with Crippen molar-refractivity contribution < 1.29 is 4.74 Å². The topological polar surface area (TPSA) is 21.3 Å². The van der Waals surface area contributed by atoms with Crippen LogP contribution in [0.4, 0.5) is 0 Å². The summed E-state index contributed by atoms with van der Waals surface area (Å²) < 4.78 is 6.06. The summed E-state index contributed by atoms with van der Waals surface area (Å²) in [7, 11) is 0. The van der Waals surface area contributed by atoms with Crippen LogP contribution in [-0.4, -0.2) is 6.61 Å². The van der Waals surface area contributed by atoms with Crippen LogP contribution in [0.1, 0.15) is 43.0 Å². The van der Waals surface area contributed by atoms with Gasteiger partial charge in [-0.2, -0.15) is 0 Å². The number of rotatable bonds is 8. The van der Waals surface area contributed by atoms with Gasteiger partial charge in [-0.3, -0.25) is 0 Å². The van der Waals surface area contributed by atoms with Crippen molar-refractivity contribution in [3.05, 3.63) is 101 Å². The van der Waals surface area contributed by atoms with Gasteiger partial charge in [-0.1, -0.05) is 93.6 Å². The highest BCUT2D eigenvalue weighted by Crippen LogP contribution is 2.22. The lowest BCUT2D eigenvalue weighted by Crippen LogP contribution is -2.15. The third-order valence-corrected chi connectivity index (χ3v) is 4.93. The van der Waals surface area contributed by atoms with Crippen LogP contribution in [0.5, 0.6) is 5.75 Å². The van der Waals surface area contributed by atoms with E-state index in [4.69, 9.17) is 4.74 Å². The van der Waals surface area contributed by atoms with Crippen LogP contribution < -0.4 is 10.1 Å². The molecular formula is C26H31NO. The molecule has 2 heteroatoms. The molecule has 0 unspecified atom stereocenters. The molecule has 3 rings (SSSR count). The first-order valence-electron chi connectivity index (χ1n) is 10.1. The Morgan fingerprint density at radius 2 is 1.39 bits per heavy atom. The summed E-state index contributed by atoms with van der Waals surface area (Å²) in [4.78, 5) is 0. The number of para-hydroxylation sites is 1. The first-order chi connectivity index (χ1) is 13.5. The van der Waals surface area contributed by atoms with E-state index in [1.807, 2.05) is 12.1 Å². The van der Waals surface area contributed by atoms with Crippen LogP contribution in [-0.2, 0) is 24.9 Å². The molecule has 1 N–H and O–H groups in total. The lowest BCUT2D eigenvalue weighted by atomic mass is 9.87. The molecule has 3 aromatic rings. The van der Waals surface area contributed by atoms with E-state index in [1.54, 1.807) is 0 Å². The molecule has 0 heterocycles. The Kier molecular flexibility index (Phi) is 6.89. The molecule has 0 amide bonds. The van der Waals surface area contributed by atoms with Gasteiger partial charge in [-0.15, -0.1) is 0 Å². The van der Waals surface area contributed by atoms with Crippen LogP contribution >= 0.6 is 0 Å². The van der Waals surface area contributed by atoms with Gasteiger partial charge < -0.3 is 10.1 Å². The van der Waals surface area contributed by atoms with Crippen molar-refractivity contribution in [3.63, 3.8) is 0 Å². The zero-order chi connectivity index (χ0) is 19.8. The third-order valence-electron chi connectivity index (χ3n) is 4.93. The van der Waals surface area contributed by atoms with E-state index in [9.17, 15) is 0 Å². The average Bonchev–Trinajstić information content (AvgIpc) is 2.70. The van der Waals surface area contributed by atoms with Crippen molar-refractivity contribution >= 4 is 0 Å². The summed E-state index contributed by atoms with van der Waals surface area (Å²) in [6.45, 7) is 9.07. The number of nitrogens with one attached hydrogen (secondary N) is 1. The first-order valence-corrected chi connectivity index (χ1v) is 10.1. The van der Waals surface area contributed by atoms with Crippen LogP contribution in [0.3, 0.4) is 0 Å². The average molecular weight is 374 g/mol. The van der Waals surface area contributed by atoms with Gasteiger partial charge in [0.05, 0.1) is 6.61 Å². The predicted molar refractivity (Wildman–Crippen MR) is 118 cm³/mol. The van der Waals surface area contributed by atoms with Crippen molar-refractivity contribution in [2.75, 3.05) is 6.61 Å². The summed E-state index contributed by atoms with van der Waals surface area (Å²) in [6.07, 6.45) is 0.919. The molecule has 2 nitrogen and oxygen atoms in total. The second kappa shape index (κ2) is 9.57. The third kappa shape index (κ3) is 5.97. The van der Waals surface area contributed by atoms with Gasteiger partial charge in [-0.05, 0) is 28.2 Å². The molecule has 3 aromatic carbocycles. The molecule has 28 heavy (non-hydrogen) atoms. The fraction of sp³-hybridized carbons (Fsp3) is 0.308. The van der Waals surface area contributed by atoms with E-state index < -0.39 is 0 Å². The summed E-state index contributed by atoms with van der Waals surface area (Å²) in [6, 6.07) is 27.7. The largest absolute Gasteiger partial charge is 0.493 e. The number of hydrogen-bond acceptors (Lipinski definition) is 2. The van der Waals surface area contributed by atoms with Gasteiger partial charge in [-0.25, -0.2) is 0 Å². The molecule has 0 saturated heterocycles. The predicted octanol–water partition coefficient (Wildman–Crippen LogP) is 5.90. The second-order valence-electron chi connectivity index (χ2n) is 8.24. The zero-order valence-corrected chi connectivity index (χ0v) is 17.2. The summed E-state index contributed by atoms with van der Waals surface area (Å²) in [5.41, 5.74) is 5.37. The van der Waals surface area contributed by atoms with Crippen molar-refractivity contribution in [1.82, 2.24) is 5.32 Å². The van der Waals surface area contributed by atoms with Crippen molar-refractivity contribution in [2.45, 2.75) is 45.7 Å². The van der Waals surface area contributed by atoms with E-state index in [0.29, 0.717) is 6.61 Å². The molecule has 0 spiro atoms. The van der Waals surface area contributed by atoms with E-state index >= 15 is 0 Å². The van der Waals surface area contributed by atoms with E-state index in [1.165, 1.54) is 22.3 Å². The SMILES string of the molecule is CC(C)(C)c1ccc(CNCc2ccccc2OCCc2ccccc2)cc1. The Morgan fingerprint density at radius 3 is 2.11 bits per heavy atom. The highest BCUT2D eigenvalue weighted by atomic mass is 16.5. The van der Waals surface area contributed by atoms with Gasteiger partial charge in [0.25, 0.3) is 0 Å². The zero-order valence-electron chi connectivity index (χ0n) is 17.2. The highest BCUT2D eigenvalue weighted by molar-refractivity contribution is 5.33. The minimum atomic E-state index is 0.196. The number of ether oxygens (including phenoxy) is 1. The van der Waals surface area contributed by atoms with Gasteiger partial charge in [0, 0.05) is 25.1 Å². The molecule has 0 fully saturated rings. The molecule has 0 atom stereocenters. The number of benzene rings is 3. The maximum absolute atomic E-state index is 6.06. The Hall–Kier alpha value is -2.58. The first kappa shape index (κ1) is 20.2. The monoisotopic (exact) mass is 373 g/mol. The molecule has 0 aliphatic heterocycles. The van der Waals surface area contributed by atoms with Crippen LogP contribution in [0.25, 0.3) is 0 Å². The molecular weight excluding hydrogens is 342 g/mol. The molecule has 0 aliphatic rings. The quantitative estimate of drug-likeness (QED) is 0.531. The fourth-order valence-corrected chi connectivity index (χ4v) is 3.18. The lowest BCUT2D eigenvalue weighted by molar-refractivity contribution is 0.317. The van der Waals surface area contributed by atoms with Crippen molar-refractivity contribution in [1.29, 1.82) is 0 Å². The van der Waals surface area contributed by atoms with E-state index in [2.05, 4.69) is 92.8 Å². The van der Waals surface area contributed by atoms with E-state index in [0.717, 1.165) is 25.3 Å². The normalized spacial score (nSPS) is 11.4. The molecule has 146 valence electrons. The summed E-state index contributed by atoms with van der Waals surface area (Å²) in [5.74, 6) is 0.967. The molecule has 0 aromatic heterocycles. The molecule has 0 radical (unpaired) electrons. The molecule has 0 aliphatic carbocycles. The smallest absolute Gasteiger partial charge is 0.123 e. The Morgan fingerprint density at radius 1 is 0.714 bits per heavy atom. The summed E-state index contributed by atoms with van der Waals surface area (Å²) >= 11 is 0. The van der Waals surface area contributed by atoms with Gasteiger partial charge in [0.2, 0.25) is 0 Å².